The highest BCUT2D eigenvalue weighted by atomic mass is 35.5. The Kier molecular flexibility index (Phi) is 5.22. The van der Waals surface area contributed by atoms with Crippen LogP contribution in [0.4, 0.5) is 0 Å². The smallest absolute Gasteiger partial charge is 0.337 e. The van der Waals surface area contributed by atoms with Crippen LogP contribution in [0.25, 0.3) is 22.0 Å². The Labute approximate surface area is 163 Å². The molecule has 0 radical (unpaired) electrons. The standard InChI is InChI=1S/C22H22ClNO3/c1-13-11-14-7-5-6-8-16(14)19(17-10-9-15(23)12-24-17)18(13)20(21(25)26)27-22(2,3)4/h5-12,20H,1-4H3,(H,25,26)/t20-/m0/s1. The first kappa shape index (κ1) is 19.3. The van der Waals surface area contributed by atoms with Crippen LogP contribution in [0.1, 0.15) is 38.0 Å². The lowest BCUT2D eigenvalue weighted by molar-refractivity contribution is -0.160. The first-order valence-corrected chi connectivity index (χ1v) is 9.10. The van der Waals surface area contributed by atoms with Crippen LogP contribution >= 0.6 is 11.6 Å². The number of aliphatic carboxylic acids is 1. The number of nitrogens with zero attached hydrogens (tertiary/aromatic N) is 1. The first-order chi connectivity index (χ1) is 12.7. The average molecular weight is 384 g/mol. The number of halogens is 1. The van der Waals surface area contributed by atoms with Crippen LogP contribution in [0, 0.1) is 6.92 Å². The van der Waals surface area contributed by atoms with Crippen molar-refractivity contribution in [3.63, 3.8) is 0 Å². The van der Waals surface area contributed by atoms with Crippen LogP contribution in [0.2, 0.25) is 5.02 Å². The second-order valence-corrected chi connectivity index (χ2v) is 7.95. The van der Waals surface area contributed by atoms with Crippen molar-refractivity contribution in [3.8, 4) is 11.3 Å². The second kappa shape index (κ2) is 7.29. The van der Waals surface area contributed by atoms with Gasteiger partial charge >= 0.3 is 5.97 Å². The van der Waals surface area contributed by atoms with E-state index in [1.54, 1.807) is 12.3 Å². The van der Waals surface area contributed by atoms with Crippen LogP contribution in [0.15, 0.2) is 48.7 Å². The molecule has 0 aliphatic rings. The summed E-state index contributed by atoms with van der Waals surface area (Å²) in [6.45, 7) is 7.45. The van der Waals surface area contributed by atoms with E-state index in [1.165, 1.54) is 0 Å². The van der Waals surface area contributed by atoms with Gasteiger partial charge in [0.05, 0.1) is 16.3 Å². The number of aryl methyl sites for hydroxylation is 1. The SMILES string of the molecule is Cc1cc2ccccc2c(-c2ccc(Cl)cn2)c1[C@H](OC(C)(C)C)C(=O)O. The van der Waals surface area contributed by atoms with E-state index in [0.29, 0.717) is 16.3 Å². The van der Waals surface area contributed by atoms with Gasteiger partial charge in [0.25, 0.3) is 0 Å². The molecule has 4 nitrogen and oxygen atoms in total. The fourth-order valence-electron chi connectivity index (χ4n) is 3.23. The quantitative estimate of drug-likeness (QED) is 0.618. The normalized spacial score (nSPS) is 12.9. The largest absolute Gasteiger partial charge is 0.479 e. The molecule has 0 bridgehead atoms. The third kappa shape index (κ3) is 4.12. The Bertz CT molecular complexity index is 991. The molecule has 5 heteroatoms. The molecular weight excluding hydrogens is 362 g/mol. The topological polar surface area (TPSA) is 59.4 Å². The summed E-state index contributed by atoms with van der Waals surface area (Å²) in [5.74, 6) is -1.03. The van der Waals surface area contributed by atoms with Crippen LogP contribution in [0.3, 0.4) is 0 Å². The van der Waals surface area contributed by atoms with E-state index in [4.69, 9.17) is 16.3 Å². The van der Waals surface area contributed by atoms with E-state index in [0.717, 1.165) is 21.9 Å². The van der Waals surface area contributed by atoms with Gasteiger partial charge in [-0.25, -0.2) is 4.79 Å². The number of carbonyl (C=O) groups is 1. The van der Waals surface area contributed by atoms with Gasteiger partial charge < -0.3 is 9.84 Å². The number of carboxylic acid groups (broad SMARTS) is 1. The van der Waals surface area contributed by atoms with Gasteiger partial charge in [0.2, 0.25) is 0 Å². The molecular formula is C22H22ClNO3. The minimum absolute atomic E-state index is 0.526. The Morgan fingerprint density at radius 1 is 1.19 bits per heavy atom. The van der Waals surface area contributed by atoms with E-state index < -0.39 is 17.7 Å². The summed E-state index contributed by atoms with van der Waals surface area (Å²) >= 11 is 6.01. The molecule has 0 saturated carbocycles. The number of benzene rings is 2. The maximum absolute atomic E-state index is 12.1. The van der Waals surface area contributed by atoms with E-state index in [9.17, 15) is 9.90 Å². The highest BCUT2D eigenvalue weighted by Gasteiger charge is 2.31. The summed E-state index contributed by atoms with van der Waals surface area (Å²) in [7, 11) is 0. The Balaban J connectivity index is 2.37. The number of carboxylic acids is 1. The molecule has 1 aromatic heterocycles. The molecule has 1 heterocycles. The minimum atomic E-state index is -1.11. The van der Waals surface area contributed by atoms with Crippen molar-refractivity contribution in [1.82, 2.24) is 4.98 Å². The maximum Gasteiger partial charge on any atom is 0.337 e. The van der Waals surface area contributed by atoms with Gasteiger partial charge in [-0.15, -0.1) is 0 Å². The summed E-state index contributed by atoms with van der Waals surface area (Å²) in [6, 6.07) is 13.4. The van der Waals surface area contributed by atoms with E-state index in [1.807, 2.05) is 64.1 Å². The van der Waals surface area contributed by atoms with Gasteiger partial charge in [-0.05, 0) is 56.2 Å². The lowest BCUT2D eigenvalue weighted by Crippen LogP contribution is -2.28. The lowest BCUT2D eigenvalue weighted by Gasteiger charge is -2.28. The van der Waals surface area contributed by atoms with Crippen molar-refractivity contribution in [2.45, 2.75) is 39.4 Å². The number of fused-ring (bicyclic) bond motifs is 1. The summed E-state index contributed by atoms with van der Waals surface area (Å²) in [5.41, 5.74) is 2.27. The highest BCUT2D eigenvalue weighted by molar-refractivity contribution is 6.30. The minimum Gasteiger partial charge on any atom is -0.479 e. The van der Waals surface area contributed by atoms with Crippen molar-refractivity contribution in [3.05, 3.63) is 64.8 Å². The number of hydrogen-bond donors (Lipinski definition) is 1. The number of pyridine rings is 1. The zero-order chi connectivity index (χ0) is 19.8. The molecule has 1 N–H and O–H groups in total. The Morgan fingerprint density at radius 3 is 2.48 bits per heavy atom. The van der Waals surface area contributed by atoms with Crippen molar-refractivity contribution >= 4 is 28.3 Å². The van der Waals surface area contributed by atoms with E-state index in [-0.39, 0.29) is 0 Å². The second-order valence-electron chi connectivity index (χ2n) is 7.51. The van der Waals surface area contributed by atoms with Crippen LogP contribution in [-0.2, 0) is 9.53 Å². The summed E-state index contributed by atoms with van der Waals surface area (Å²) in [5, 5.41) is 12.4. The van der Waals surface area contributed by atoms with Crippen LogP contribution in [0.5, 0.6) is 0 Å². The van der Waals surface area contributed by atoms with Crippen molar-refractivity contribution in [2.75, 3.05) is 0 Å². The molecule has 3 rings (SSSR count). The molecule has 0 spiro atoms. The number of hydrogen-bond acceptors (Lipinski definition) is 3. The highest BCUT2D eigenvalue weighted by Crippen LogP contribution is 2.39. The predicted molar refractivity (Wildman–Crippen MR) is 108 cm³/mol. The molecule has 0 unspecified atom stereocenters. The van der Waals surface area contributed by atoms with Gasteiger partial charge in [0.15, 0.2) is 6.10 Å². The Morgan fingerprint density at radius 2 is 1.89 bits per heavy atom. The third-order valence-corrected chi connectivity index (χ3v) is 4.46. The van der Waals surface area contributed by atoms with Crippen molar-refractivity contribution in [1.29, 1.82) is 0 Å². The van der Waals surface area contributed by atoms with Gasteiger partial charge in [-0.1, -0.05) is 41.9 Å². The Hall–Kier alpha value is -2.43. The van der Waals surface area contributed by atoms with Gasteiger partial charge in [-0.2, -0.15) is 0 Å². The molecule has 0 aliphatic carbocycles. The van der Waals surface area contributed by atoms with Gasteiger partial charge in [0.1, 0.15) is 0 Å². The molecule has 0 saturated heterocycles. The summed E-state index contributed by atoms with van der Waals surface area (Å²) in [4.78, 5) is 16.6. The zero-order valence-electron chi connectivity index (χ0n) is 15.8. The van der Waals surface area contributed by atoms with Crippen LogP contribution in [-0.4, -0.2) is 21.7 Å². The van der Waals surface area contributed by atoms with Crippen LogP contribution < -0.4 is 0 Å². The fourth-order valence-corrected chi connectivity index (χ4v) is 3.34. The maximum atomic E-state index is 12.1. The third-order valence-electron chi connectivity index (χ3n) is 4.24. The molecule has 0 fully saturated rings. The molecule has 140 valence electrons. The van der Waals surface area contributed by atoms with Crippen molar-refractivity contribution in [2.24, 2.45) is 0 Å². The zero-order valence-corrected chi connectivity index (χ0v) is 16.5. The number of aromatic nitrogens is 1. The van der Waals surface area contributed by atoms with Gasteiger partial charge in [0, 0.05) is 17.3 Å². The number of ether oxygens (including phenoxy) is 1. The monoisotopic (exact) mass is 383 g/mol. The van der Waals surface area contributed by atoms with Gasteiger partial charge in [-0.3, -0.25) is 4.98 Å². The predicted octanol–water partition coefficient (Wildman–Crippen LogP) is 5.80. The first-order valence-electron chi connectivity index (χ1n) is 8.72. The summed E-state index contributed by atoms with van der Waals surface area (Å²) < 4.78 is 5.95. The molecule has 2 aromatic carbocycles. The molecule has 27 heavy (non-hydrogen) atoms. The summed E-state index contributed by atoms with van der Waals surface area (Å²) in [6.07, 6.45) is 0.458. The molecule has 1 atom stereocenters. The average Bonchev–Trinajstić information content (AvgIpc) is 2.59. The van der Waals surface area contributed by atoms with Crippen molar-refractivity contribution < 1.29 is 14.6 Å². The molecule has 0 amide bonds. The fraction of sp³-hybridized carbons (Fsp3) is 0.273. The molecule has 3 aromatic rings. The molecule has 0 aliphatic heterocycles. The van der Waals surface area contributed by atoms with E-state index >= 15 is 0 Å². The lowest BCUT2D eigenvalue weighted by atomic mass is 9.89. The van der Waals surface area contributed by atoms with E-state index in [2.05, 4.69) is 4.98 Å². The number of rotatable bonds is 4.